The van der Waals surface area contributed by atoms with Crippen LogP contribution in [0.25, 0.3) is 43.4 Å². The van der Waals surface area contributed by atoms with Crippen molar-refractivity contribution in [3.05, 3.63) is 102 Å². The Balaban J connectivity index is 0.000000347. The molecule has 0 aliphatic rings. The first kappa shape index (κ1) is 43.1. The summed E-state index contributed by atoms with van der Waals surface area (Å²) in [5.74, 6) is 0.889. The number of carbonyl (C=O) groups excluding carboxylic acids is 1. The first-order valence-electron chi connectivity index (χ1n) is 18.6. The Morgan fingerprint density at radius 1 is 0.942 bits per heavy atom. The van der Waals surface area contributed by atoms with Gasteiger partial charge in [-0.2, -0.15) is 0 Å². The maximum Gasteiger partial charge on any atom is 0.164 e. The van der Waals surface area contributed by atoms with Crippen LogP contribution in [0.2, 0.25) is 0 Å². The summed E-state index contributed by atoms with van der Waals surface area (Å²) in [4.78, 5) is 17.1. The monoisotopic (exact) mass is 896 g/mol. The molecule has 0 unspecified atom stereocenters. The van der Waals surface area contributed by atoms with Gasteiger partial charge in [0.2, 0.25) is 0 Å². The minimum absolute atomic E-state index is 0. The molecule has 5 aromatic rings. The number of pyridine rings is 2. The molecule has 52 heavy (non-hydrogen) atoms. The van der Waals surface area contributed by atoms with Crippen LogP contribution < -0.4 is 4.57 Å². The molecule has 0 amide bonds. The number of allylic oxidation sites excluding steroid dienone is 2. The predicted octanol–water partition coefficient (Wildman–Crippen LogP) is 12.7. The molecule has 3 heterocycles. The van der Waals surface area contributed by atoms with Crippen LogP contribution in [0.1, 0.15) is 113 Å². The Kier molecular flexibility index (Phi) is 14.6. The predicted molar refractivity (Wildman–Crippen MR) is 218 cm³/mol. The maximum atomic E-state index is 12.2. The van der Waals surface area contributed by atoms with Crippen molar-refractivity contribution >= 4 is 38.0 Å². The van der Waals surface area contributed by atoms with E-state index < -0.39 is 0 Å². The molecule has 0 bridgehead atoms. The molecule has 6 heteroatoms. The fraction of sp³-hybridized carbons (Fsp3) is 0.435. The Bertz CT molecular complexity index is 2010. The second kappa shape index (κ2) is 17.7. The average molecular weight is 896 g/mol. The molecule has 1 N–H and O–H groups in total. The third kappa shape index (κ3) is 9.43. The first-order valence-corrected chi connectivity index (χ1v) is 19.5. The minimum atomic E-state index is -0.337. The first-order chi connectivity index (χ1) is 24.0. The number of aliphatic hydroxyl groups excluding tert-OH is 1. The molecule has 2 aromatic carbocycles. The van der Waals surface area contributed by atoms with Crippen molar-refractivity contribution in [3.8, 4) is 22.5 Å². The van der Waals surface area contributed by atoms with Gasteiger partial charge in [0.15, 0.2) is 5.78 Å². The van der Waals surface area contributed by atoms with Gasteiger partial charge in [-0.05, 0) is 78.1 Å². The topological polar surface area (TPSA) is 54.1 Å². The normalized spacial score (nSPS) is 12.5. The number of hydrogen-bond acceptors (Lipinski definition) is 4. The third-order valence-corrected chi connectivity index (χ3v) is 12.0. The maximum absolute atomic E-state index is 12.2. The second-order valence-corrected chi connectivity index (χ2v) is 16.9. The standard InChI is InChI=1S/C31H31N2S.C15H28O2.Ir/c1-20(2)15-24-19-32-29(26-12-14-34-30(24)26)22-11-13-33(6)28(18-22)23-16-21-9-7-8-10-25(21)27(17-23)31(3,4)5;1-7-14(5,8-2)12(16)11-13(17)15(6,9-3)10-4;/h7-14,17-20H,6,15H2,1-5H3;11,16H,7-10H2,1-6H3;/q-1;;/b;12-11-;. The van der Waals surface area contributed by atoms with Crippen LogP contribution in [0.5, 0.6) is 0 Å². The molecule has 3 aromatic heterocycles. The summed E-state index contributed by atoms with van der Waals surface area (Å²) in [5.41, 5.74) is 6.29. The number of carbonyl (C=O) groups is 1. The molecular formula is C46H59IrN2O2S-. The van der Waals surface area contributed by atoms with Crippen molar-refractivity contribution < 1.29 is 34.6 Å². The van der Waals surface area contributed by atoms with Crippen LogP contribution in [0.3, 0.4) is 0 Å². The molecule has 0 aliphatic heterocycles. The molecule has 0 saturated carbocycles. The smallest absolute Gasteiger partial charge is 0.164 e. The second-order valence-electron chi connectivity index (χ2n) is 16.0. The third-order valence-electron chi connectivity index (χ3n) is 11.0. The van der Waals surface area contributed by atoms with E-state index in [1.165, 1.54) is 32.7 Å². The molecule has 4 nitrogen and oxygen atoms in total. The molecule has 0 saturated heterocycles. The van der Waals surface area contributed by atoms with E-state index in [0.717, 1.165) is 60.0 Å². The quantitative estimate of drug-likeness (QED) is 0.0622. The summed E-state index contributed by atoms with van der Waals surface area (Å²) >= 11 is 1.81. The van der Waals surface area contributed by atoms with Gasteiger partial charge >= 0.3 is 0 Å². The van der Waals surface area contributed by atoms with Crippen molar-refractivity contribution in [2.24, 2.45) is 16.7 Å². The SMILES string of the molecule is CCC(C)(CC)C(=O)/C=C(\O)C(C)(CC)CC.[CH2-][n+]1ccc(-c2ncc(CC(C)C)c3sccc23)cc1-c1[c-]c2ccccc2c(C(C)(C)C)c1.[Ir]. The molecule has 1 radical (unpaired) electrons. The molecule has 0 atom stereocenters. The Labute approximate surface area is 331 Å². The van der Waals surface area contributed by atoms with Crippen LogP contribution in [0.4, 0.5) is 0 Å². The zero-order valence-corrected chi connectivity index (χ0v) is 36.5. The molecule has 0 spiro atoms. The Morgan fingerprint density at radius 3 is 2.17 bits per heavy atom. The molecular weight excluding hydrogens is 837 g/mol. The fourth-order valence-electron chi connectivity index (χ4n) is 6.41. The van der Waals surface area contributed by atoms with Gasteiger partial charge in [-0.3, -0.25) is 9.78 Å². The van der Waals surface area contributed by atoms with Crippen LogP contribution in [0.15, 0.2) is 78.1 Å². The van der Waals surface area contributed by atoms with E-state index in [1.54, 1.807) is 0 Å². The molecule has 0 fully saturated rings. The van der Waals surface area contributed by atoms with E-state index in [9.17, 15) is 9.90 Å². The Morgan fingerprint density at radius 2 is 1.58 bits per heavy atom. The van der Waals surface area contributed by atoms with Crippen LogP contribution in [-0.4, -0.2) is 15.9 Å². The van der Waals surface area contributed by atoms with E-state index >= 15 is 0 Å². The summed E-state index contributed by atoms with van der Waals surface area (Å²) in [7, 11) is 4.28. The van der Waals surface area contributed by atoms with Crippen molar-refractivity contribution in [1.82, 2.24) is 4.98 Å². The summed E-state index contributed by atoms with van der Waals surface area (Å²) in [6.07, 6.45) is 9.90. The van der Waals surface area contributed by atoms with Crippen molar-refractivity contribution in [3.63, 3.8) is 0 Å². The van der Waals surface area contributed by atoms with Gasteiger partial charge < -0.3 is 9.67 Å². The van der Waals surface area contributed by atoms with Gasteiger partial charge in [-0.1, -0.05) is 105 Å². The van der Waals surface area contributed by atoms with E-state index in [0.29, 0.717) is 5.92 Å². The summed E-state index contributed by atoms with van der Waals surface area (Å²) < 4.78 is 3.29. The van der Waals surface area contributed by atoms with Gasteiger partial charge in [-0.15, -0.1) is 40.5 Å². The zero-order valence-electron chi connectivity index (χ0n) is 33.2. The van der Waals surface area contributed by atoms with E-state index in [1.807, 2.05) is 63.6 Å². The van der Waals surface area contributed by atoms with Crippen molar-refractivity contribution in [2.75, 3.05) is 0 Å². The zero-order chi connectivity index (χ0) is 37.7. The number of aliphatic hydroxyl groups is 1. The van der Waals surface area contributed by atoms with Gasteiger partial charge in [-0.25, -0.2) is 0 Å². The number of nitrogens with zero attached hydrogens (tertiary/aromatic N) is 2. The number of fused-ring (bicyclic) bond motifs is 2. The Hall–Kier alpha value is -3.31. The average Bonchev–Trinajstić information content (AvgIpc) is 3.61. The molecule has 281 valence electrons. The van der Waals surface area contributed by atoms with E-state index in [-0.39, 0.29) is 47.9 Å². The van der Waals surface area contributed by atoms with Gasteiger partial charge in [0, 0.05) is 60.3 Å². The molecule has 5 rings (SSSR count). The van der Waals surface area contributed by atoms with Crippen LogP contribution in [0, 0.1) is 29.9 Å². The van der Waals surface area contributed by atoms with E-state index in [4.69, 9.17) is 4.98 Å². The number of rotatable bonds is 11. The summed E-state index contributed by atoms with van der Waals surface area (Å²) in [6, 6.07) is 21.0. The summed E-state index contributed by atoms with van der Waals surface area (Å²) in [5, 5.41) is 15.9. The van der Waals surface area contributed by atoms with Crippen LogP contribution >= 0.6 is 11.3 Å². The number of aromatic nitrogens is 2. The van der Waals surface area contributed by atoms with Crippen molar-refractivity contribution in [1.29, 1.82) is 0 Å². The molecule has 0 aliphatic carbocycles. The fourth-order valence-corrected chi connectivity index (χ4v) is 7.33. The minimum Gasteiger partial charge on any atom is -0.512 e. The number of thiophene rings is 1. The van der Waals surface area contributed by atoms with Crippen LogP contribution in [-0.2, 0) is 36.7 Å². The van der Waals surface area contributed by atoms with Gasteiger partial charge in [0.1, 0.15) is 11.5 Å². The summed E-state index contributed by atoms with van der Waals surface area (Å²) in [6.45, 7) is 23.4. The van der Waals surface area contributed by atoms with Crippen molar-refractivity contribution in [2.45, 2.75) is 114 Å². The number of benzene rings is 2. The number of hydrogen-bond donors (Lipinski definition) is 1. The largest absolute Gasteiger partial charge is 0.512 e. The van der Waals surface area contributed by atoms with E-state index in [2.05, 4.69) is 108 Å². The number of ketones is 1. The van der Waals surface area contributed by atoms with Gasteiger partial charge in [0.05, 0.1) is 11.9 Å². The van der Waals surface area contributed by atoms with Gasteiger partial charge in [0.25, 0.3) is 0 Å².